The molecule has 4 N–H and O–H groups in total. The van der Waals surface area contributed by atoms with E-state index in [1.54, 1.807) is 6.20 Å². The number of aryl methyl sites for hydroxylation is 1. The minimum atomic E-state index is 0.0635. The Morgan fingerprint density at radius 1 is 1.33 bits per heavy atom. The number of nitrogens with one attached hydrogen (secondary N) is 2. The molecule has 0 atom stereocenters. The van der Waals surface area contributed by atoms with Crippen LogP contribution in [-0.2, 0) is 17.6 Å². The first-order valence-corrected chi connectivity index (χ1v) is 7.07. The SMILES string of the molecule is Nc1cc2c(cc1NCCc1cccnc1)NC(=O)CC2. The highest BCUT2D eigenvalue weighted by Gasteiger charge is 2.16. The summed E-state index contributed by atoms with van der Waals surface area (Å²) in [4.78, 5) is 15.5. The molecule has 0 aliphatic carbocycles. The van der Waals surface area contributed by atoms with Gasteiger partial charge in [0.15, 0.2) is 0 Å². The van der Waals surface area contributed by atoms with Crippen LogP contribution in [-0.4, -0.2) is 17.4 Å². The van der Waals surface area contributed by atoms with Crippen LogP contribution in [0.2, 0.25) is 0 Å². The Kier molecular flexibility index (Phi) is 3.73. The van der Waals surface area contributed by atoms with Crippen molar-refractivity contribution in [1.82, 2.24) is 4.98 Å². The second-order valence-corrected chi connectivity index (χ2v) is 5.18. The normalized spacial score (nSPS) is 13.4. The summed E-state index contributed by atoms with van der Waals surface area (Å²) in [5.74, 6) is 0.0635. The number of pyridine rings is 1. The number of carbonyl (C=O) groups excluding carboxylic acids is 1. The minimum Gasteiger partial charge on any atom is -0.397 e. The monoisotopic (exact) mass is 282 g/mol. The number of hydrogen-bond donors (Lipinski definition) is 3. The molecule has 1 aliphatic rings. The lowest BCUT2D eigenvalue weighted by Gasteiger charge is -2.19. The first kappa shape index (κ1) is 13.4. The summed E-state index contributed by atoms with van der Waals surface area (Å²) in [6.07, 6.45) is 5.78. The highest BCUT2D eigenvalue weighted by atomic mass is 16.1. The predicted octanol–water partition coefficient (Wildman–Crippen LogP) is 2.20. The number of nitrogens with two attached hydrogens (primary N) is 1. The quantitative estimate of drug-likeness (QED) is 0.751. The fourth-order valence-corrected chi connectivity index (χ4v) is 2.49. The van der Waals surface area contributed by atoms with Crippen LogP contribution in [0.15, 0.2) is 36.7 Å². The van der Waals surface area contributed by atoms with E-state index >= 15 is 0 Å². The molecule has 0 unspecified atom stereocenters. The number of amides is 1. The van der Waals surface area contributed by atoms with E-state index in [4.69, 9.17) is 5.73 Å². The lowest BCUT2D eigenvalue weighted by molar-refractivity contribution is -0.116. The number of hydrogen-bond acceptors (Lipinski definition) is 4. The summed E-state index contributed by atoms with van der Waals surface area (Å²) >= 11 is 0. The van der Waals surface area contributed by atoms with E-state index in [9.17, 15) is 4.79 Å². The molecule has 1 aromatic heterocycles. The molecule has 0 saturated carbocycles. The lowest BCUT2D eigenvalue weighted by atomic mass is 10.0. The van der Waals surface area contributed by atoms with Crippen LogP contribution < -0.4 is 16.4 Å². The third kappa shape index (κ3) is 3.13. The molecule has 0 spiro atoms. The first-order chi connectivity index (χ1) is 10.2. The Balaban J connectivity index is 1.68. The van der Waals surface area contributed by atoms with Gasteiger partial charge < -0.3 is 16.4 Å². The summed E-state index contributed by atoms with van der Waals surface area (Å²) in [5.41, 5.74) is 10.8. The van der Waals surface area contributed by atoms with Crippen LogP contribution in [0.4, 0.5) is 17.1 Å². The standard InChI is InChI=1S/C16H18N4O/c17-13-8-12-3-4-16(21)20-14(12)9-15(13)19-7-5-11-2-1-6-18-10-11/h1-2,6,8-10,19H,3-5,7,17H2,(H,20,21). The van der Waals surface area contributed by atoms with E-state index in [1.807, 2.05) is 30.5 Å². The maximum absolute atomic E-state index is 11.5. The number of nitrogens with zero attached hydrogens (tertiary/aromatic N) is 1. The van der Waals surface area contributed by atoms with Gasteiger partial charge in [0.2, 0.25) is 5.91 Å². The molecule has 1 aliphatic heterocycles. The van der Waals surface area contributed by atoms with Crippen molar-refractivity contribution in [2.24, 2.45) is 0 Å². The molecule has 0 bridgehead atoms. The van der Waals surface area contributed by atoms with Gasteiger partial charge in [0.1, 0.15) is 0 Å². The van der Waals surface area contributed by atoms with Gasteiger partial charge in [-0.15, -0.1) is 0 Å². The first-order valence-electron chi connectivity index (χ1n) is 7.07. The van der Waals surface area contributed by atoms with E-state index in [-0.39, 0.29) is 5.91 Å². The van der Waals surface area contributed by atoms with Crippen molar-refractivity contribution in [2.45, 2.75) is 19.3 Å². The van der Waals surface area contributed by atoms with Crippen LogP contribution in [0.5, 0.6) is 0 Å². The minimum absolute atomic E-state index is 0.0635. The van der Waals surface area contributed by atoms with E-state index in [1.165, 1.54) is 5.56 Å². The number of rotatable bonds is 4. The van der Waals surface area contributed by atoms with Crippen molar-refractivity contribution in [3.05, 3.63) is 47.8 Å². The summed E-state index contributed by atoms with van der Waals surface area (Å²) in [7, 11) is 0. The number of nitrogen functional groups attached to an aromatic ring is 1. The molecule has 2 aromatic rings. The molecule has 5 heteroatoms. The molecule has 3 rings (SSSR count). The molecule has 21 heavy (non-hydrogen) atoms. The van der Waals surface area contributed by atoms with Gasteiger partial charge in [0, 0.05) is 31.0 Å². The van der Waals surface area contributed by atoms with Crippen LogP contribution in [0, 0.1) is 0 Å². The van der Waals surface area contributed by atoms with Gasteiger partial charge in [0.25, 0.3) is 0 Å². The molecule has 2 heterocycles. The zero-order valence-corrected chi connectivity index (χ0v) is 11.7. The summed E-state index contributed by atoms with van der Waals surface area (Å²) in [6.45, 7) is 0.766. The molecule has 0 saturated heterocycles. The molecule has 1 amide bonds. The van der Waals surface area contributed by atoms with Crippen molar-refractivity contribution in [2.75, 3.05) is 22.9 Å². The predicted molar refractivity (Wildman–Crippen MR) is 84.2 cm³/mol. The van der Waals surface area contributed by atoms with Crippen LogP contribution in [0.1, 0.15) is 17.5 Å². The Morgan fingerprint density at radius 2 is 2.24 bits per heavy atom. The van der Waals surface area contributed by atoms with E-state index in [2.05, 4.69) is 15.6 Å². The molecule has 108 valence electrons. The summed E-state index contributed by atoms with van der Waals surface area (Å²) < 4.78 is 0. The van der Waals surface area contributed by atoms with Gasteiger partial charge in [-0.3, -0.25) is 9.78 Å². The van der Waals surface area contributed by atoms with Crippen LogP contribution >= 0.6 is 0 Å². The van der Waals surface area contributed by atoms with E-state index in [0.717, 1.165) is 42.0 Å². The Morgan fingerprint density at radius 3 is 3.05 bits per heavy atom. The highest BCUT2D eigenvalue weighted by Crippen LogP contribution is 2.30. The molecular weight excluding hydrogens is 264 g/mol. The Bertz CT molecular complexity index is 655. The van der Waals surface area contributed by atoms with Crippen molar-refractivity contribution >= 4 is 23.0 Å². The third-order valence-electron chi connectivity index (χ3n) is 3.62. The summed E-state index contributed by atoms with van der Waals surface area (Å²) in [5, 5.41) is 6.21. The maximum atomic E-state index is 11.5. The Labute approximate surface area is 123 Å². The fourth-order valence-electron chi connectivity index (χ4n) is 2.49. The second kappa shape index (κ2) is 5.83. The molecule has 5 nitrogen and oxygen atoms in total. The zero-order valence-electron chi connectivity index (χ0n) is 11.7. The van der Waals surface area contributed by atoms with Crippen LogP contribution in [0.3, 0.4) is 0 Å². The van der Waals surface area contributed by atoms with Crippen molar-refractivity contribution in [3.63, 3.8) is 0 Å². The largest absolute Gasteiger partial charge is 0.397 e. The second-order valence-electron chi connectivity index (χ2n) is 5.18. The molecule has 0 radical (unpaired) electrons. The highest BCUT2D eigenvalue weighted by molar-refractivity contribution is 5.95. The van der Waals surface area contributed by atoms with Gasteiger partial charge in [-0.2, -0.15) is 0 Å². The van der Waals surface area contributed by atoms with Crippen molar-refractivity contribution in [3.8, 4) is 0 Å². The van der Waals surface area contributed by atoms with E-state index in [0.29, 0.717) is 6.42 Å². The number of anilines is 3. The number of benzene rings is 1. The number of carbonyl (C=O) groups is 1. The smallest absolute Gasteiger partial charge is 0.224 e. The van der Waals surface area contributed by atoms with Crippen molar-refractivity contribution < 1.29 is 4.79 Å². The number of fused-ring (bicyclic) bond motifs is 1. The average molecular weight is 282 g/mol. The molecule has 0 fully saturated rings. The van der Waals surface area contributed by atoms with Gasteiger partial charge >= 0.3 is 0 Å². The fraction of sp³-hybridized carbons (Fsp3) is 0.250. The van der Waals surface area contributed by atoms with Gasteiger partial charge in [-0.05, 0) is 42.2 Å². The lowest BCUT2D eigenvalue weighted by Crippen LogP contribution is -2.19. The summed E-state index contributed by atoms with van der Waals surface area (Å²) in [6, 6.07) is 7.84. The topological polar surface area (TPSA) is 80.0 Å². The van der Waals surface area contributed by atoms with Gasteiger partial charge in [-0.1, -0.05) is 6.07 Å². The Hall–Kier alpha value is -2.56. The van der Waals surface area contributed by atoms with Gasteiger partial charge in [-0.25, -0.2) is 0 Å². The average Bonchev–Trinajstić information content (AvgIpc) is 2.49. The molecular formula is C16H18N4O. The third-order valence-corrected chi connectivity index (χ3v) is 3.62. The molecule has 1 aromatic carbocycles. The zero-order chi connectivity index (χ0) is 14.7. The maximum Gasteiger partial charge on any atom is 0.224 e. The van der Waals surface area contributed by atoms with Crippen LogP contribution in [0.25, 0.3) is 0 Å². The van der Waals surface area contributed by atoms with E-state index < -0.39 is 0 Å². The van der Waals surface area contributed by atoms with Crippen molar-refractivity contribution in [1.29, 1.82) is 0 Å². The number of aromatic nitrogens is 1. The van der Waals surface area contributed by atoms with Gasteiger partial charge in [0.05, 0.1) is 11.4 Å².